The lowest BCUT2D eigenvalue weighted by Gasteiger charge is -2.39. The second-order valence-electron chi connectivity index (χ2n) is 16.2. The lowest BCUT2D eigenvalue weighted by Crippen LogP contribution is -2.32. The Bertz CT molecular complexity index is 3550. The third-order valence-corrected chi connectivity index (χ3v) is 12.9. The van der Waals surface area contributed by atoms with Crippen molar-refractivity contribution < 1.29 is 4.74 Å². The van der Waals surface area contributed by atoms with Crippen LogP contribution in [0.3, 0.4) is 0 Å². The van der Waals surface area contributed by atoms with Crippen LogP contribution in [-0.4, -0.2) is 15.0 Å². The van der Waals surface area contributed by atoms with Gasteiger partial charge in [-0.1, -0.05) is 182 Å². The van der Waals surface area contributed by atoms with E-state index < -0.39 is 5.41 Å². The predicted octanol–water partition coefficient (Wildman–Crippen LogP) is 14.5. The number of pyridine rings is 1. The summed E-state index contributed by atoms with van der Waals surface area (Å²) in [5, 5.41) is 4.32. The third-order valence-electron chi connectivity index (χ3n) is 12.9. The van der Waals surface area contributed by atoms with Gasteiger partial charge in [0.25, 0.3) is 0 Å². The monoisotopic (exact) mass is 789 g/mol. The van der Waals surface area contributed by atoms with Gasteiger partial charge in [-0.15, -0.1) is 0 Å². The Balaban J connectivity index is 1.00. The topological polar surface area (TPSA) is 47.9 Å². The number of rotatable bonds is 4. The molecule has 1 aliphatic heterocycles. The summed E-state index contributed by atoms with van der Waals surface area (Å²) < 4.78 is 6.94. The zero-order valence-corrected chi connectivity index (χ0v) is 33.5. The van der Waals surface area contributed by atoms with E-state index in [9.17, 15) is 0 Å². The van der Waals surface area contributed by atoms with Crippen molar-refractivity contribution in [3.8, 4) is 67.7 Å². The lowest BCUT2D eigenvalue weighted by molar-refractivity contribution is 0.437. The Morgan fingerprint density at radius 1 is 0.306 bits per heavy atom. The molecule has 0 bridgehead atoms. The molecule has 2 aliphatic rings. The molecule has 13 rings (SSSR count). The molecular weight excluding hydrogens is 755 g/mol. The lowest BCUT2D eigenvalue weighted by atomic mass is 9.65. The van der Waals surface area contributed by atoms with E-state index in [1.165, 1.54) is 22.3 Å². The smallest absolute Gasteiger partial charge is 0.160 e. The van der Waals surface area contributed by atoms with E-state index in [1.54, 1.807) is 0 Å². The van der Waals surface area contributed by atoms with Crippen LogP contribution in [0.25, 0.3) is 88.7 Å². The van der Waals surface area contributed by atoms with Gasteiger partial charge in [0.1, 0.15) is 11.5 Å². The van der Waals surface area contributed by atoms with Gasteiger partial charge in [-0.3, -0.25) is 0 Å². The summed E-state index contributed by atoms with van der Waals surface area (Å²) in [5.41, 5.74) is 15.8. The van der Waals surface area contributed by atoms with Crippen molar-refractivity contribution in [1.29, 1.82) is 0 Å². The molecule has 4 heteroatoms. The number of aromatic nitrogens is 3. The maximum Gasteiger partial charge on any atom is 0.160 e. The first-order valence-electron chi connectivity index (χ1n) is 21.1. The van der Waals surface area contributed by atoms with E-state index in [4.69, 9.17) is 19.7 Å². The normalized spacial score (nSPS) is 13.1. The average Bonchev–Trinajstić information content (AvgIpc) is 3.64. The van der Waals surface area contributed by atoms with E-state index >= 15 is 0 Å². The Hall–Kier alpha value is -8.21. The molecule has 0 unspecified atom stereocenters. The molecular formula is C58H35N3O. The van der Waals surface area contributed by atoms with Gasteiger partial charge in [-0.2, -0.15) is 0 Å². The van der Waals surface area contributed by atoms with E-state index in [-0.39, 0.29) is 0 Å². The quantitative estimate of drug-likeness (QED) is 0.167. The highest BCUT2D eigenvalue weighted by molar-refractivity contribution is 6.13. The summed E-state index contributed by atoms with van der Waals surface area (Å²) in [5.74, 6) is 2.45. The number of hydrogen-bond donors (Lipinski definition) is 0. The van der Waals surface area contributed by atoms with E-state index in [0.717, 1.165) is 100 Å². The highest BCUT2D eigenvalue weighted by Crippen LogP contribution is 2.62. The van der Waals surface area contributed by atoms with Gasteiger partial charge >= 0.3 is 0 Å². The van der Waals surface area contributed by atoms with E-state index in [0.29, 0.717) is 0 Å². The average molecular weight is 790 g/mol. The predicted molar refractivity (Wildman–Crippen MR) is 251 cm³/mol. The number of fused-ring (bicyclic) bond motifs is 13. The molecule has 0 fully saturated rings. The Morgan fingerprint density at radius 3 is 1.65 bits per heavy atom. The molecule has 9 aromatic carbocycles. The summed E-state index contributed by atoms with van der Waals surface area (Å²) in [7, 11) is 0. The zero-order valence-electron chi connectivity index (χ0n) is 33.5. The van der Waals surface area contributed by atoms with E-state index in [1.807, 2.05) is 30.3 Å². The Labute approximate surface area is 358 Å². The number of hydrogen-bond acceptors (Lipinski definition) is 4. The number of benzene rings is 9. The van der Waals surface area contributed by atoms with Crippen molar-refractivity contribution >= 4 is 32.6 Å². The maximum absolute atomic E-state index is 6.94. The largest absolute Gasteiger partial charge is 0.457 e. The van der Waals surface area contributed by atoms with Crippen LogP contribution in [0.5, 0.6) is 11.5 Å². The van der Waals surface area contributed by atoms with Crippen molar-refractivity contribution in [3.05, 3.63) is 235 Å². The first-order valence-corrected chi connectivity index (χ1v) is 21.1. The second kappa shape index (κ2) is 13.4. The van der Waals surface area contributed by atoms with Crippen LogP contribution in [0.15, 0.2) is 212 Å². The van der Waals surface area contributed by atoms with Crippen LogP contribution in [0, 0.1) is 0 Å². The summed E-state index contributed by atoms with van der Waals surface area (Å²) >= 11 is 0. The molecule has 62 heavy (non-hydrogen) atoms. The molecule has 288 valence electrons. The van der Waals surface area contributed by atoms with Gasteiger partial charge < -0.3 is 4.74 Å². The fraction of sp³-hybridized carbons (Fsp3) is 0.0172. The first-order chi connectivity index (χ1) is 30.7. The standard InChI is InChI=1S/C58H35N3O/c1-3-15-37(16-4-1)56-46-35-54-50(58(49-24-12-14-26-53(49)62-54)47-22-10-7-19-41(47)42-20-8-11-23-48(42)58)34-45(46)43-32-31-40(33-52(43)59-56)36-27-29-38(30-28-36)55-44-21-9-13-25-51(44)60-57(61-55)39-17-5-2-6-18-39/h1-35H. The molecule has 1 spiro atoms. The van der Waals surface area contributed by atoms with Crippen molar-refractivity contribution in [2.45, 2.75) is 5.41 Å². The SMILES string of the molecule is c1ccc(-c2nc(-c3ccc(-c4ccc5c(c4)nc(-c4ccccc4)c4cc6c(cc45)C4(c5ccccc5O6)c5ccccc5-c5ccccc54)cc3)c3ccccc3n2)cc1. The van der Waals surface area contributed by atoms with Crippen LogP contribution in [0.4, 0.5) is 0 Å². The number of nitrogens with zero attached hydrogens (tertiary/aromatic N) is 3. The molecule has 0 N–H and O–H groups in total. The molecule has 11 aromatic rings. The van der Waals surface area contributed by atoms with Crippen LogP contribution in [-0.2, 0) is 5.41 Å². The molecule has 3 heterocycles. The van der Waals surface area contributed by atoms with Crippen LogP contribution >= 0.6 is 0 Å². The second-order valence-corrected chi connectivity index (χ2v) is 16.2. The summed E-state index contributed by atoms with van der Waals surface area (Å²) in [6.45, 7) is 0. The highest BCUT2D eigenvalue weighted by atomic mass is 16.5. The molecule has 1 aliphatic carbocycles. The van der Waals surface area contributed by atoms with Gasteiger partial charge in [-0.25, -0.2) is 15.0 Å². The molecule has 0 atom stereocenters. The minimum Gasteiger partial charge on any atom is -0.457 e. The number of para-hydroxylation sites is 2. The van der Waals surface area contributed by atoms with E-state index in [2.05, 4.69) is 182 Å². The molecule has 2 aromatic heterocycles. The van der Waals surface area contributed by atoms with Crippen LogP contribution in [0.2, 0.25) is 0 Å². The third kappa shape index (κ3) is 5.04. The summed E-state index contributed by atoms with van der Waals surface area (Å²) in [4.78, 5) is 15.5. The minimum atomic E-state index is -0.563. The minimum absolute atomic E-state index is 0.563. The Kier molecular flexibility index (Phi) is 7.49. The van der Waals surface area contributed by atoms with Gasteiger partial charge in [-0.05, 0) is 69.1 Å². The van der Waals surface area contributed by atoms with Crippen LogP contribution < -0.4 is 4.74 Å². The van der Waals surface area contributed by atoms with Crippen molar-refractivity contribution in [2.24, 2.45) is 0 Å². The molecule has 4 nitrogen and oxygen atoms in total. The molecule has 0 saturated heterocycles. The van der Waals surface area contributed by atoms with Gasteiger partial charge in [0.2, 0.25) is 0 Å². The van der Waals surface area contributed by atoms with Crippen molar-refractivity contribution in [1.82, 2.24) is 15.0 Å². The number of ether oxygens (including phenoxy) is 1. The fourth-order valence-electron chi connectivity index (χ4n) is 10.2. The molecule has 0 amide bonds. The van der Waals surface area contributed by atoms with Gasteiger partial charge in [0, 0.05) is 44.0 Å². The summed E-state index contributed by atoms with van der Waals surface area (Å²) in [6.07, 6.45) is 0. The maximum atomic E-state index is 6.94. The Morgan fingerprint density at radius 2 is 0.887 bits per heavy atom. The highest BCUT2D eigenvalue weighted by Gasteiger charge is 2.51. The first kappa shape index (κ1) is 34.6. The molecule has 0 radical (unpaired) electrons. The molecule has 0 saturated carbocycles. The fourth-order valence-corrected chi connectivity index (χ4v) is 10.2. The summed E-state index contributed by atoms with van der Waals surface area (Å²) in [6, 6.07) is 75.4. The van der Waals surface area contributed by atoms with Crippen molar-refractivity contribution in [2.75, 3.05) is 0 Å². The van der Waals surface area contributed by atoms with Crippen molar-refractivity contribution in [3.63, 3.8) is 0 Å². The van der Waals surface area contributed by atoms with Gasteiger partial charge in [0.05, 0.1) is 27.8 Å². The van der Waals surface area contributed by atoms with Crippen LogP contribution in [0.1, 0.15) is 22.3 Å². The van der Waals surface area contributed by atoms with Gasteiger partial charge in [0.15, 0.2) is 5.82 Å². The zero-order chi connectivity index (χ0) is 40.8.